The molecule has 0 saturated heterocycles. The van der Waals surface area contributed by atoms with Crippen LogP contribution in [0.3, 0.4) is 0 Å². The molecule has 0 bridgehead atoms. The molecule has 0 amide bonds. The second-order valence-electron chi connectivity index (χ2n) is 6.97. The SMILES string of the molecule is COc1ccccc1-n1c(SC(C)C(C)=O)nc2sc3c(c2c1=O)CCCC3. The Morgan fingerprint density at radius 1 is 1.29 bits per heavy atom. The molecule has 0 spiro atoms. The molecule has 2 aromatic heterocycles. The Morgan fingerprint density at radius 2 is 2.04 bits per heavy atom. The number of aryl methyl sites for hydroxylation is 2. The van der Waals surface area contributed by atoms with Crippen LogP contribution in [0, 0.1) is 0 Å². The maximum absolute atomic E-state index is 13.7. The van der Waals surface area contributed by atoms with Crippen molar-refractivity contribution >= 4 is 39.1 Å². The van der Waals surface area contributed by atoms with Crippen LogP contribution in [0.4, 0.5) is 0 Å². The zero-order valence-electron chi connectivity index (χ0n) is 16.2. The third-order valence-corrected chi connectivity index (χ3v) is 7.49. The normalized spacial score (nSPS) is 14.7. The van der Waals surface area contributed by atoms with Crippen molar-refractivity contribution in [3.8, 4) is 11.4 Å². The maximum Gasteiger partial charge on any atom is 0.267 e. The van der Waals surface area contributed by atoms with Crippen molar-refractivity contribution < 1.29 is 9.53 Å². The summed E-state index contributed by atoms with van der Waals surface area (Å²) in [4.78, 5) is 32.5. The fourth-order valence-corrected chi connectivity index (χ4v) is 5.76. The van der Waals surface area contributed by atoms with E-state index in [0.717, 1.165) is 41.5 Å². The molecule has 0 radical (unpaired) electrons. The Bertz CT molecular complexity index is 1120. The number of benzene rings is 1. The predicted octanol–water partition coefficient (Wildman–Crippen LogP) is 4.40. The summed E-state index contributed by atoms with van der Waals surface area (Å²) in [6.45, 7) is 3.40. The second kappa shape index (κ2) is 7.72. The third kappa shape index (κ3) is 3.26. The Hall–Kier alpha value is -2.12. The summed E-state index contributed by atoms with van der Waals surface area (Å²) in [7, 11) is 1.59. The number of rotatable bonds is 5. The number of hydrogen-bond donors (Lipinski definition) is 0. The number of carbonyl (C=O) groups is 1. The minimum atomic E-state index is -0.292. The number of para-hydroxylation sites is 2. The third-order valence-electron chi connectivity index (χ3n) is 5.14. The number of hydrogen-bond acceptors (Lipinski definition) is 6. The minimum absolute atomic E-state index is 0.0522. The van der Waals surface area contributed by atoms with Crippen LogP contribution < -0.4 is 10.3 Å². The van der Waals surface area contributed by atoms with Crippen molar-refractivity contribution in [2.45, 2.75) is 49.9 Å². The first-order chi connectivity index (χ1) is 13.5. The summed E-state index contributed by atoms with van der Waals surface area (Å²) >= 11 is 2.94. The Morgan fingerprint density at radius 3 is 2.79 bits per heavy atom. The standard InChI is InChI=1S/C21H22N2O3S2/c1-12(24)13(2)27-21-22-19-18(14-8-4-7-11-17(14)28-19)20(25)23(21)15-9-5-6-10-16(15)26-3/h5-6,9-10,13H,4,7-8,11H2,1-3H3. The molecule has 1 unspecified atom stereocenters. The highest BCUT2D eigenvalue weighted by Crippen LogP contribution is 2.36. The second-order valence-corrected chi connectivity index (χ2v) is 9.36. The zero-order valence-corrected chi connectivity index (χ0v) is 17.8. The lowest BCUT2D eigenvalue weighted by atomic mass is 9.97. The van der Waals surface area contributed by atoms with Gasteiger partial charge in [0.15, 0.2) is 5.16 Å². The Labute approximate surface area is 171 Å². The fourth-order valence-electron chi connectivity index (χ4n) is 3.53. The van der Waals surface area contributed by atoms with Crippen LogP contribution in [-0.4, -0.2) is 27.7 Å². The monoisotopic (exact) mass is 414 g/mol. The van der Waals surface area contributed by atoms with Crippen LogP contribution in [0.25, 0.3) is 15.9 Å². The van der Waals surface area contributed by atoms with Gasteiger partial charge in [-0.15, -0.1) is 11.3 Å². The minimum Gasteiger partial charge on any atom is -0.495 e. The Balaban J connectivity index is 2.02. The number of Topliss-reactive ketones (excluding diaryl/α,β-unsaturated/α-hetero) is 1. The number of thioether (sulfide) groups is 1. The molecule has 2 heterocycles. The van der Waals surface area contributed by atoms with Crippen LogP contribution in [-0.2, 0) is 17.6 Å². The van der Waals surface area contributed by atoms with E-state index in [1.165, 1.54) is 16.6 Å². The van der Waals surface area contributed by atoms with Gasteiger partial charge in [-0.2, -0.15) is 0 Å². The van der Waals surface area contributed by atoms with E-state index in [9.17, 15) is 9.59 Å². The molecule has 0 fully saturated rings. The molecule has 1 aliphatic carbocycles. The first-order valence-corrected chi connectivity index (χ1v) is 11.1. The highest BCUT2D eigenvalue weighted by atomic mass is 32.2. The van der Waals surface area contributed by atoms with Gasteiger partial charge < -0.3 is 4.74 Å². The number of ether oxygens (including phenoxy) is 1. The first kappa shape index (κ1) is 19.2. The van der Waals surface area contributed by atoms with Crippen molar-refractivity contribution in [2.24, 2.45) is 0 Å². The molecule has 0 saturated carbocycles. The number of thiophene rings is 1. The van der Waals surface area contributed by atoms with Gasteiger partial charge in [-0.25, -0.2) is 4.98 Å². The topological polar surface area (TPSA) is 61.2 Å². The number of nitrogens with zero attached hydrogens (tertiary/aromatic N) is 2. The molecular formula is C21H22N2O3S2. The van der Waals surface area contributed by atoms with Gasteiger partial charge in [0.05, 0.1) is 23.4 Å². The smallest absolute Gasteiger partial charge is 0.267 e. The maximum atomic E-state index is 13.7. The van der Waals surface area contributed by atoms with E-state index in [2.05, 4.69) is 0 Å². The average Bonchev–Trinajstić information content (AvgIpc) is 3.06. The fraction of sp³-hybridized carbons (Fsp3) is 0.381. The molecule has 0 aliphatic heterocycles. The largest absolute Gasteiger partial charge is 0.495 e. The molecule has 1 aromatic carbocycles. The summed E-state index contributed by atoms with van der Waals surface area (Å²) in [6, 6.07) is 7.43. The highest BCUT2D eigenvalue weighted by Gasteiger charge is 2.25. The van der Waals surface area contributed by atoms with Gasteiger partial charge in [-0.3, -0.25) is 14.2 Å². The summed E-state index contributed by atoms with van der Waals surface area (Å²) in [5.74, 6) is 0.656. The van der Waals surface area contributed by atoms with E-state index >= 15 is 0 Å². The average molecular weight is 415 g/mol. The molecule has 0 N–H and O–H groups in total. The van der Waals surface area contributed by atoms with E-state index in [4.69, 9.17) is 9.72 Å². The van der Waals surface area contributed by atoms with Crippen molar-refractivity contribution in [3.63, 3.8) is 0 Å². The van der Waals surface area contributed by atoms with Crippen LogP contribution in [0.1, 0.15) is 37.1 Å². The molecule has 28 heavy (non-hydrogen) atoms. The molecule has 3 aromatic rings. The molecule has 1 aliphatic rings. The number of aromatic nitrogens is 2. The van der Waals surface area contributed by atoms with E-state index in [1.54, 1.807) is 29.9 Å². The van der Waals surface area contributed by atoms with E-state index < -0.39 is 0 Å². The quantitative estimate of drug-likeness (QED) is 0.457. The number of ketones is 1. The van der Waals surface area contributed by atoms with Crippen molar-refractivity contribution in [2.75, 3.05) is 7.11 Å². The molecule has 5 nitrogen and oxygen atoms in total. The molecule has 7 heteroatoms. The van der Waals surface area contributed by atoms with Gasteiger partial charge in [0.2, 0.25) is 0 Å². The van der Waals surface area contributed by atoms with Gasteiger partial charge in [0, 0.05) is 4.88 Å². The van der Waals surface area contributed by atoms with E-state index in [-0.39, 0.29) is 16.6 Å². The zero-order chi connectivity index (χ0) is 19.8. The molecule has 146 valence electrons. The van der Waals surface area contributed by atoms with Gasteiger partial charge >= 0.3 is 0 Å². The molecular weight excluding hydrogens is 392 g/mol. The number of methoxy groups -OCH3 is 1. The lowest BCUT2D eigenvalue weighted by Gasteiger charge is -2.17. The van der Waals surface area contributed by atoms with Crippen LogP contribution >= 0.6 is 23.1 Å². The van der Waals surface area contributed by atoms with Gasteiger partial charge in [0.1, 0.15) is 16.4 Å². The molecule has 4 rings (SSSR count). The van der Waals surface area contributed by atoms with Crippen LogP contribution in [0.5, 0.6) is 5.75 Å². The van der Waals surface area contributed by atoms with Crippen LogP contribution in [0.15, 0.2) is 34.2 Å². The summed E-state index contributed by atoms with van der Waals surface area (Å²) in [5.41, 5.74) is 1.73. The summed E-state index contributed by atoms with van der Waals surface area (Å²) < 4.78 is 7.13. The van der Waals surface area contributed by atoms with Crippen molar-refractivity contribution in [1.82, 2.24) is 9.55 Å². The van der Waals surface area contributed by atoms with Gasteiger partial charge in [0.25, 0.3) is 5.56 Å². The van der Waals surface area contributed by atoms with E-state index in [1.807, 2.05) is 31.2 Å². The highest BCUT2D eigenvalue weighted by molar-refractivity contribution is 8.00. The van der Waals surface area contributed by atoms with Crippen molar-refractivity contribution in [1.29, 1.82) is 0 Å². The van der Waals surface area contributed by atoms with Gasteiger partial charge in [-0.05, 0) is 57.2 Å². The van der Waals surface area contributed by atoms with E-state index in [0.29, 0.717) is 16.6 Å². The van der Waals surface area contributed by atoms with Crippen LogP contribution in [0.2, 0.25) is 0 Å². The number of fused-ring (bicyclic) bond motifs is 3. The lowest BCUT2D eigenvalue weighted by molar-refractivity contribution is -0.116. The summed E-state index contributed by atoms with van der Waals surface area (Å²) in [6.07, 6.45) is 4.19. The predicted molar refractivity (Wildman–Crippen MR) is 114 cm³/mol. The first-order valence-electron chi connectivity index (χ1n) is 9.39. The van der Waals surface area contributed by atoms with Gasteiger partial charge in [-0.1, -0.05) is 23.9 Å². The Kier molecular flexibility index (Phi) is 5.29. The lowest BCUT2D eigenvalue weighted by Crippen LogP contribution is -2.24. The van der Waals surface area contributed by atoms with Crippen molar-refractivity contribution in [3.05, 3.63) is 45.1 Å². The number of carbonyl (C=O) groups excluding carboxylic acids is 1. The molecule has 1 atom stereocenters. The summed E-state index contributed by atoms with van der Waals surface area (Å²) in [5, 5.41) is 0.966.